The van der Waals surface area contributed by atoms with Crippen LogP contribution in [0.4, 0.5) is 0 Å². The van der Waals surface area contributed by atoms with E-state index < -0.39 is 12.0 Å². The van der Waals surface area contributed by atoms with Crippen molar-refractivity contribution >= 4 is 22.8 Å². The largest absolute Gasteiger partial charge is 0.480 e. The molecule has 1 aromatic carbocycles. The third-order valence-electron chi connectivity index (χ3n) is 5.94. The fourth-order valence-electron chi connectivity index (χ4n) is 4.37. The monoisotopic (exact) mass is 370 g/mol. The highest BCUT2D eigenvalue weighted by Gasteiger charge is 2.33. The van der Waals surface area contributed by atoms with Gasteiger partial charge in [-0.25, -0.2) is 0 Å². The normalized spacial score (nSPS) is 20.4. The van der Waals surface area contributed by atoms with Gasteiger partial charge >= 0.3 is 5.97 Å². The number of piperidine rings is 1. The summed E-state index contributed by atoms with van der Waals surface area (Å²) in [5.41, 5.74) is 0.726. The molecule has 27 heavy (non-hydrogen) atoms. The zero-order valence-corrected chi connectivity index (χ0v) is 15.5. The number of likely N-dealkylation sites (tertiary alicyclic amines) is 2. The Bertz CT molecular complexity index is 789. The molecular formula is C21H26N2O4. The van der Waals surface area contributed by atoms with Gasteiger partial charge in [0, 0.05) is 24.9 Å². The molecule has 1 amide bonds. The molecule has 0 bridgehead atoms. The molecule has 3 heterocycles. The summed E-state index contributed by atoms with van der Waals surface area (Å²) in [5, 5.41) is 10.7. The first-order chi connectivity index (χ1) is 13.1. The number of rotatable bonds is 6. The number of benzene rings is 1. The molecule has 0 radical (unpaired) electrons. The van der Waals surface area contributed by atoms with E-state index in [9.17, 15) is 14.7 Å². The summed E-state index contributed by atoms with van der Waals surface area (Å²) in [6.45, 7) is 3.22. The number of carboxylic acids is 1. The average molecular weight is 370 g/mol. The molecule has 0 aliphatic carbocycles. The molecular weight excluding hydrogens is 344 g/mol. The quantitative estimate of drug-likeness (QED) is 0.845. The molecule has 1 atom stereocenters. The van der Waals surface area contributed by atoms with Crippen molar-refractivity contribution in [3.8, 4) is 0 Å². The number of carbonyl (C=O) groups is 2. The highest BCUT2D eigenvalue weighted by atomic mass is 16.4. The van der Waals surface area contributed by atoms with Gasteiger partial charge in [0.05, 0.1) is 0 Å². The number of carboxylic acid groups (broad SMARTS) is 1. The van der Waals surface area contributed by atoms with Gasteiger partial charge in [0.1, 0.15) is 11.3 Å². The third kappa shape index (κ3) is 3.86. The van der Waals surface area contributed by atoms with Crippen LogP contribution in [0.3, 0.4) is 0 Å². The van der Waals surface area contributed by atoms with Gasteiger partial charge in [-0.1, -0.05) is 18.2 Å². The Labute approximate surface area is 158 Å². The summed E-state index contributed by atoms with van der Waals surface area (Å²) in [6.07, 6.45) is 4.62. The van der Waals surface area contributed by atoms with Crippen LogP contribution in [0.5, 0.6) is 0 Å². The van der Waals surface area contributed by atoms with Crippen molar-refractivity contribution in [2.75, 3.05) is 26.2 Å². The molecule has 1 N–H and O–H groups in total. The first-order valence-electron chi connectivity index (χ1n) is 9.85. The summed E-state index contributed by atoms with van der Waals surface area (Å²) in [4.78, 5) is 27.7. The first kappa shape index (κ1) is 18.0. The molecule has 1 aromatic heterocycles. The summed E-state index contributed by atoms with van der Waals surface area (Å²) in [7, 11) is 0. The average Bonchev–Trinajstić information content (AvgIpc) is 3.26. The number of hydrogen-bond acceptors (Lipinski definition) is 4. The first-order valence-corrected chi connectivity index (χ1v) is 9.85. The van der Waals surface area contributed by atoms with Crippen molar-refractivity contribution in [2.45, 2.75) is 38.1 Å². The maximum absolute atomic E-state index is 11.9. The second kappa shape index (κ2) is 7.72. The zero-order chi connectivity index (χ0) is 18.8. The van der Waals surface area contributed by atoms with Crippen molar-refractivity contribution in [2.24, 2.45) is 5.92 Å². The van der Waals surface area contributed by atoms with Crippen molar-refractivity contribution in [1.82, 2.24) is 9.80 Å². The molecule has 6 heteroatoms. The molecule has 0 saturated carbocycles. The molecule has 144 valence electrons. The number of nitrogens with zero attached hydrogens (tertiary/aromatic N) is 2. The van der Waals surface area contributed by atoms with E-state index in [4.69, 9.17) is 4.42 Å². The van der Waals surface area contributed by atoms with Crippen LogP contribution in [0.25, 0.3) is 11.0 Å². The smallest absolute Gasteiger partial charge is 0.328 e. The molecule has 2 aromatic rings. The Morgan fingerprint density at radius 1 is 1.22 bits per heavy atom. The van der Waals surface area contributed by atoms with Gasteiger partial charge in [0.2, 0.25) is 5.91 Å². The molecule has 2 saturated heterocycles. The van der Waals surface area contributed by atoms with Crippen LogP contribution in [0.15, 0.2) is 34.7 Å². The van der Waals surface area contributed by atoms with Gasteiger partial charge in [-0.3, -0.25) is 14.5 Å². The Balaban J connectivity index is 1.37. The predicted octanol–water partition coefficient (Wildman–Crippen LogP) is 3.28. The highest BCUT2D eigenvalue weighted by molar-refractivity contribution is 5.81. The Hall–Kier alpha value is -2.34. The molecule has 6 nitrogen and oxygen atoms in total. The molecule has 0 spiro atoms. The molecule has 2 aliphatic rings. The molecule has 4 rings (SSSR count). The van der Waals surface area contributed by atoms with Gasteiger partial charge in [0.15, 0.2) is 6.04 Å². The Morgan fingerprint density at radius 2 is 2.00 bits per heavy atom. The van der Waals surface area contributed by atoms with Crippen LogP contribution in [0, 0.1) is 5.92 Å². The van der Waals surface area contributed by atoms with E-state index in [1.807, 2.05) is 40.1 Å². The SMILES string of the molecule is O=C(O)C(c1cc2ccccc2o1)N1CCC(CCN2CCCC2=O)CC1. The summed E-state index contributed by atoms with van der Waals surface area (Å²) in [6, 6.07) is 8.73. The Kier molecular flexibility index (Phi) is 5.16. The van der Waals surface area contributed by atoms with E-state index in [2.05, 4.69) is 0 Å². The van der Waals surface area contributed by atoms with Crippen LogP contribution < -0.4 is 0 Å². The fraction of sp³-hybridized carbons (Fsp3) is 0.524. The van der Waals surface area contributed by atoms with E-state index in [-0.39, 0.29) is 5.91 Å². The number of carbonyl (C=O) groups excluding carboxylic acids is 1. The number of amides is 1. The zero-order valence-electron chi connectivity index (χ0n) is 15.5. The Morgan fingerprint density at radius 3 is 2.67 bits per heavy atom. The van der Waals surface area contributed by atoms with Crippen LogP contribution in [0.1, 0.15) is 43.9 Å². The van der Waals surface area contributed by atoms with E-state index in [0.717, 1.165) is 62.8 Å². The number of aliphatic carboxylic acids is 1. The predicted molar refractivity (Wildman–Crippen MR) is 101 cm³/mol. The van der Waals surface area contributed by atoms with Gasteiger partial charge in [-0.2, -0.15) is 0 Å². The van der Waals surface area contributed by atoms with Crippen molar-refractivity contribution < 1.29 is 19.1 Å². The summed E-state index contributed by atoms with van der Waals surface area (Å²) in [5.74, 6) is 0.475. The minimum atomic E-state index is -0.866. The van der Waals surface area contributed by atoms with Crippen LogP contribution in [0.2, 0.25) is 0 Å². The minimum Gasteiger partial charge on any atom is -0.480 e. The minimum absolute atomic E-state index is 0.281. The van der Waals surface area contributed by atoms with Gasteiger partial charge in [-0.05, 0) is 56.8 Å². The lowest BCUT2D eigenvalue weighted by Crippen LogP contribution is -2.40. The molecule has 2 fully saturated rings. The van der Waals surface area contributed by atoms with Gasteiger partial charge in [-0.15, -0.1) is 0 Å². The van der Waals surface area contributed by atoms with Crippen molar-refractivity contribution in [1.29, 1.82) is 0 Å². The van der Waals surface area contributed by atoms with Crippen molar-refractivity contribution in [3.05, 3.63) is 36.1 Å². The van der Waals surface area contributed by atoms with Gasteiger partial charge < -0.3 is 14.4 Å². The number of hydrogen-bond donors (Lipinski definition) is 1. The highest BCUT2D eigenvalue weighted by Crippen LogP contribution is 2.32. The van der Waals surface area contributed by atoms with E-state index in [1.54, 1.807) is 0 Å². The van der Waals surface area contributed by atoms with Crippen molar-refractivity contribution in [3.63, 3.8) is 0 Å². The second-order valence-electron chi connectivity index (χ2n) is 7.68. The summed E-state index contributed by atoms with van der Waals surface area (Å²) < 4.78 is 5.83. The van der Waals surface area contributed by atoms with E-state index in [0.29, 0.717) is 18.1 Å². The second-order valence-corrected chi connectivity index (χ2v) is 7.68. The maximum atomic E-state index is 11.9. The van der Waals surface area contributed by atoms with Crippen LogP contribution in [-0.4, -0.2) is 53.0 Å². The topological polar surface area (TPSA) is 74.0 Å². The standard InChI is InChI=1S/C21H26N2O4/c24-19-6-3-10-22(19)11-7-15-8-12-23(13-9-15)20(21(25)26)18-14-16-4-1-2-5-17(16)27-18/h1-2,4-5,14-15,20H,3,6-13H2,(H,25,26). The summed E-state index contributed by atoms with van der Waals surface area (Å²) >= 11 is 0. The van der Waals surface area contributed by atoms with Gasteiger partial charge in [0.25, 0.3) is 0 Å². The molecule has 2 aliphatic heterocycles. The lowest BCUT2D eigenvalue weighted by atomic mass is 9.92. The lowest BCUT2D eigenvalue weighted by Gasteiger charge is -2.35. The third-order valence-corrected chi connectivity index (χ3v) is 5.94. The number of fused-ring (bicyclic) bond motifs is 1. The maximum Gasteiger partial charge on any atom is 0.328 e. The van der Waals surface area contributed by atoms with Crippen LogP contribution in [-0.2, 0) is 9.59 Å². The van der Waals surface area contributed by atoms with E-state index >= 15 is 0 Å². The number of para-hydroxylation sites is 1. The molecule has 1 unspecified atom stereocenters. The van der Waals surface area contributed by atoms with E-state index in [1.165, 1.54) is 0 Å². The van der Waals surface area contributed by atoms with Crippen LogP contribution >= 0.6 is 0 Å². The lowest BCUT2D eigenvalue weighted by molar-refractivity contribution is -0.145. The number of furan rings is 1. The fourth-order valence-corrected chi connectivity index (χ4v) is 4.37.